The number of benzene rings is 2. The van der Waals surface area contributed by atoms with Crippen LogP contribution in [0.3, 0.4) is 0 Å². The third kappa shape index (κ3) is 2.59. The predicted molar refractivity (Wildman–Crippen MR) is 70.8 cm³/mol. The number of hydrogen-bond acceptors (Lipinski definition) is 2. The van der Waals surface area contributed by atoms with Crippen molar-refractivity contribution in [3.8, 4) is 11.5 Å². The van der Waals surface area contributed by atoms with E-state index in [0.717, 1.165) is 22.3 Å². The molecule has 0 fully saturated rings. The third-order valence-corrected chi connectivity index (χ3v) is 2.62. The molecule has 0 N–H and O–H groups in total. The zero-order chi connectivity index (χ0) is 12.1. The fourth-order valence-corrected chi connectivity index (χ4v) is 1.72. The first-order valence-electron chi connectivity index (χ1n) is 5.66. The van der Waals surface area contributed by atoms with E-state index in [2.05, 4.69) is 6.07 Å². The molecule has 0 aliphatic heterocycles. The molecule has 2 heteroatoms. The number of methoxy groups -OCH3 is 1. The molecule has 0 aromatic heterocycles. The van der Waals surface area contributed by atoms with Crippen molar-refractivity contribution in [2.24, 2.45) is 0 Å². The first-order chi connectivity index (χ1) is 8.35. The van der Waals surface area contributed by atoms with Gasteiger partial charge in [-0.25, -0.2) is 0 Å². The lowest BCUT2D eigenvalue weighted by molar-refractivity contribution is 0.367. The minimum Gasteiger partial charge on any atom is -0.497 e. The molecule has 0 radical (unpaired) electrons. The minimum atomic E-state index is 0.599. The second kappa shape index (κ2) is 5.39. The van der Waals surface area contributed by atoms with Crippen LogP contribution in [0.2, 0.25) is 0 Å². The van der Waals surface area contributed by atoms with Gasteiger partial charge in [0.25, 0.3) is 0 Å². The lowest BCUT2D eigenvalue weighted by Crippen LogP contribution is -1.94. The molecule has 0 heterocycles. The summed E-state index contributed by atoms with van der Waals surface area (Å²) in [6.45, 7) is 2.58. The Morgan fingerprint density at radius 1 is 1.18 bits per heavy atom. The highest BCUT2D eigenvalue weighted by atomic mass is 16.5. The van der Waals surface area contributed by atoms with E-state index in [-0.39, 0.29) is 0 Å². The zero-order valence-electron chi connectivity index (χ0n) is 10.1. The van der Waals surface area contributed by atoms with Gasteiger partial charge in [-0.3, -0.25) is 0 Å². The maximum absolute atomic E-state index is 5.71. The Bertz CT molecular complexity index is 529. The smallest absolute Gasteiger partial charge is 0.127 e. The van der Waals surface area contributed by atoms with E-state index in [4.69, 9.17) is 9.47 Å². The first-order valence-corrected chi connectivity index (χ1v) is 5.66. The van der Waals surface area contributed by atoms with Gasteiger partial charge in [0, 0.05) is 5.39 Å². The van der Waals surface area contributed by atoms with Gasteiger partial charge in [-0.2, -0.15) is 0 Å². The number of ether oxygens (including phenoxy) is 2. The Kier molecular flexibility index (Phi) is 3.66. The molecule has 17 heavy (non-hydrogen) atoms. The predicted octanol–water partition coefficient (Wildman–Crippen LogP) is 3.80. The van der Waals surface area contributed by atoms with E-state index in [1.807, 2.05) is 49.4 Å². The van der Waals surface area contributed by atoms with E-state index < -0.39 is 0 Å². The van der Waals surface area contributed by atoms with Gasteiger partial charge in [0.05, 0.1) is 7.11 Å². The summed E-state index contributed by atoms with van der Waals surface area (Å²) in [6.07, 6.45) is 3.97. The van der Waals surface area contributed by atoms with Crippen molar-refractivity contribution in [1.29, 1.82) is 0 Å². The van der Waals surface area contributed by atoms with Crippen LogP contribution in [0.1, 0.15) is 6.92 Å². The van der Waals surface area contributed by atoms with Crippen LogP contribution in [0.25, 0.3) is 10.8 Å². The number of allylic oxidation sites excluding steroid dienone is 1. The molecule has 2 aromatic rings. The summed E-state index contributed by atoms with van der Waals surface area (Å²) in [7, 11) is 1.67. The molecule has 2 rings (SSSR count). The van der Waals surface area contributed by atoms with Crippen molar-refractivity contribution in [3.05, 3.63) is 48.6 Å². The number of rotatable bonds is 4. The molecule has 0 unspecified atom stereocenters. The average Bonchev–Trinajstić information content (AvgIpc) is 2.38. The second-order valence-corrected chi connectivity index (χ2v) is 3.72. The van der Waals surface area contributed by atoms with Crippen LogP contribution in [0.5, 0.6) is 11.5 Å². The molecule has 88 valence electrons. The van der Waals surface area contributed by atoms with Gasteiger partial charge >= 0.3 is 0 Å². The van der Waals surface area contributed by atoms with Gasteiger partial charge in [0.15, 0.2) is 0 Å². The summed E-state index contributed by atoms with van der Waals surface area (Å²) in [6, 6.07) is 12.0. The van der Waals surface area contributed by atoms with Gasteiger partial charge in [0.2, 0.25) is 0 Å². The summed E-state index contributed by atoms with van der Waals surface area (Å²) in [5.74, 6) is 1.77. The van der Waals surface area contributed by atoms with E-state index in [9.17, 15) is 0 Å². The quantitative estimate of drug-likeness (QED) is 0.741. The Hall–Kier alpha value is -1.96. The molecule has 0 aliphatic rings. The van der Waals surface area contributed by atoms with E-state index in [1.165, 1.54) is 0 Å². The molecular weight excluding hydrogens is 212 g/mol. The highest BCUT2D eigenvalue weighted by Crippen LogP contribution is 2.28. The molecule has 0 amide bonds. The maximum atomic E-state index is 5.71. The van der Waals surface area contributed by atoms with Gasteiger partial charge in [-0.05, 0) is 36.6 Å². The monoisotopic (exact) mass is 228 g/mol. The first kappa shape index (κ1) is 11.5. The molecule has 0 bridgehead atoms. The minimum absolute atomic E-state index is 0.599. The van der Waals surface area contributed by atoms with Crippen molar-refractivity contribution in [2.75, 3.05) is 13.7 Å². The summed E-state index contributed by atoms with van der Waals surface area (Å²) in [4.78, 5) is 0. The van der Waals surface area contributed by atoms with Crippen molar-refractivity contribution in [3.63, 3.8) is 0 Å². The van der Waals surface area contributed by atoms with E-state index in [1.54, 1.807) is 7.11 Å². The Morgan fingerprint density at radius 3 is 2.82 bits per heavy atom. The zero-order valence-corrected chi connectivity index (χ0v) is 10.1. The average molecular weight is 228 g/mol. The van der Waals surface area contributed by atoms with Gasteiger partial charge in [-0.15, -0.1) is 0 Å². The SMILES string of the molecule is CC=CCOc1cccc2cc(OC)ccc12. The number of fused-ring (bicyclic) bond motifs is 1. The molecule has 0 spiro atoms. The molecule has 0 saturated heterocycles. The molecule has 0 atom stereocenters. The van der Waals surface area contributed by atoms with Crippen LogP contribution in [0, 0.1) is 0 Å². The topological polar surface area (TPSA) is 18.5 Å². The van der Waals surface area contributed by atoms with Gasteiger partial charge in [-0.1, -0.05) is 24.3 Å². The summed E-state index contributed by atoms with van der Waals surface area (Å²) in [5, 5.41) is 2.24. The van der Waals surface area contributed by atoms with Crippen LogP contribution >= 0.6 is 0 Å². The molecule has 2 aromatic carbocycles. The lowest BCUT2D eigenvalue weighted by atomic mass is 10.1. The van der Waals surface area contributed by atoms with Crippen LogP contribution < -0.4 is 9.47 Å². The molecular formula is C15H16O2. The van der Waals surface area contributed by atoms with Crippen molar-refractivity contribution in [2.45, 2.75) is 6.92 Å². The summed E-state index contributed by atoms with van der Waals surface area (Å²) < 4.78 is 10.9. The maximum Gasteiger partial charge on any atom is 0.127 e. The number of hydrogen-bond donors (Lipinski definition) is 0. The van der Waals surface area contributed by atoms with Crippen LogP contribution in [-0.2, 0) is 0 Å². The lowest BCUT2D eigenvalue weighted by Gasteiger charge is -2.08. The normalized spacial score (nSPS) is 10.9. The summed E-state index contributed by atoms with van der Waals surface area (Å²) in [5.41, 5.74) is 0. The molecule has 0 aliphatic carbocycles. The van der Waals surface area contributed by atoms with Gasteiger partial charge in [0.1, 0.15) is 18.1 Å². The Morgan fingerprint density at radius 2 is 2.06 bits per heavy atom. The highest BCUT2D eigenvalue weighted by Gasteiger charge is 2.02. The van der Waals surface area contributed by atoms with Crippen molar-refractivity contribution < 1.29 is 9.47 Å². The fourth-order valence-electron chi connectivity index (χ4n) is 1.72. The van der Waals surface area contributed by atoms with E-state index >= 15 is 0 Å². The Balaban J connectivity index is 2.36. The molecule has 0 saturated carbocycles. The van der Waals surface area contributed by atoms with Gasteiger partial charge < -0.3 is 9.47 Å². The van der Waals surface area contributed by atoms with Crippen LogP contribution in [0.4, 0.5) is 0 Å². The Labute approximate surface area is 101 Å². The van der Waals surface area contributed by atoms with Crippen LogP contribution in [0.15, 0.2) is 48.6 Å². The summed E-state index contributed by atoms with van der Waals surface area (Å²) >= 11 is 0. The fraction of sp³-hybridized carbons (Fsp3) is 0.200. The highest BCUT2D eigenvalue weighted by molar-refractivity contribution is 5.89. The standard InChI is InChI=1S/C15H16O2/c1-3-4-10-17-15-7-5-6-12-11-13(16-2)8-9-14(12)15/h3-9,11H,10H2,1-2H3. The second-order valence-electron chi connectivity index (χ2n) is 3.72. The largest absolute Gasteiger partial charge is 0.497 e. The van der Waals surface area contributed by atoms with Crippen molar-refractivity contribution >= 4 is 10.8 Å². The van der Waals surface area contributed by atoms with E-state index in [0.29, 0.717) is 6.61 Å². The molecule has 2 nitrogen and oxygen atoms in total. The third-order valence-electron chi connectivity index (χ3n) is 2.62. The van der Waals surface area contributed by atoms with Crippen LogP contribution in [-0.4, -0.2) is 13.7 Å². The van der Waals surface area contributed by atoms with Crippen molar-refractivity contribution in [1.82, 2.24) is 0 Å².